The van der Waals surface area contributed by atoms with Crippen molar-refractivity contribution in [2.75, 3.05) is 37.7 Å². The summed E-state index contributed by atoms with van der Waals surface area (Å²) in [5.74, 6) is 2.62. The lowest BCUT2D eigenvalue weighted by atomic mass is 9.90. The highest BCUT2D eigenvalue weighted by Gasteiger charge is 2.43. The van der Waals surface area contributed by atoms with Crippen LogP contribution in [0.15, 0.2) is 30.6 Å². The van der Waals surface area contributed by atoms with E-state index in [0.717, 1.165) is 50.1 Å². The van der Waals surface area contributed by atoms with Crippen molar-refractivity contribution in [3.05, 3.63) is 47.0 Å². The molecule has 1 unspecified atom stereocenters. The Hall–Kier alpha value is -2.05. The smallest absolute Gasteiger partial charge is 0.227 e. The molecule has 2 aromatic rings. The van der Waals surface area contributed by atoms with Crippen molar-refractivity contribution in [3.63, 3.8) is 0 Å². The Morgan fingerprint density at radius 3 is 2.60 bits per heavy atom. The van der Waals surface area contributed by atoms with Gasteiger partial charge in [-0.1, -0.05) is 26.9 Å². The summed E-state index contributed by atoms with van der Waals surface area (Å²) in [5.41, 5.74) is 0.306. The molecule has 0 spiro atoms. The van der Waals surface area contributed by atoms with Crippen molar-refractivity contribution in [3.8, 4) is 5.75 Å². The Morgan fingerprint density at radius 2 is 1.94 bits per heavy atom. The summed E-state index contributed by atoms with van der Waals surface area (Å²) in [6.45, 7) is 2.56. The van der Waals surface area contributed by atoms with Crippen LogP contribution in [-0.4, -0.2) is 59.0 Å². The molecule has 35 heavy (non-hydrogen) atoms. The van der Waals surface area contributed by atoms with Gasteiger partial charge in [0.2, 0.25) is 11.9 Å². The number of nitrogens with zero attached hydrogens (tertiary/aromatic N) is 4. The van der Waals surface area contributed by atoms with Gasteiger partial charge in [0.1, 0.15) is 11.6 Å². The molecule has 0 bridgehead atoms. The van der Waals surface area contributed by atoms with E-state index in [2.05, 4.69) is 24.1 Å². The van der Waals surface area contributed by atoms with Crippen molar-refractivity contribution in [2.24, 2.45) is 17.8 Å². The number of carbonyl (C=O) groups excluding carboxylic acids is 1. The highest BCUT2D eigenvalue weighted by atomic mass is 35.5. The van der Waals surface area contributed by atoms with E-state index in [1.807, 2.05) is 0 Å². The summed E-state index contributed by atoms with van der Waals surface area (Å²) < 4.78 is 33.8. The lowest BCUT2D eigenvalue weighted by Gasteiger charge is -2.42. The predicted molar refractivity (Wildman–Crippen MR) is 134 cm³/mol. The number of hydrogen-bond donors (Lipinski definition) is 0. The summed E-state index contributed by atoms with van der Waals surface area (Å²) in [6.07, 6.45) is 7.68. The molecule has 3 fully saturated rings. The van der Waals surface area contributed by atoms with Crippen molar-refractivity contribution >= 4 is 32.7 Å². The van der Waals surface area contributed by atoms with Gasteiger partial charge in [-0.25, -0.2) is 18.7 Å². The predicted octanol–water partition coefficient (Wildman–Crippen LogP) is 4.52. The normalized spacial score (nSPS) is 23.7. The van der Waals surface area contributed by atoms with Gasteiger partial charge < -0.3 is 14.5 Å². The van der Waals surface area contributed by atoms with Crippen molar-refractivity contribution in [2.45, 2.75) is 37.5 Å². The highest BCUT2D eigenvalue weighted by molar-refractivity contribution is 7.18. The fourth-order valence-electron chi connectivity index (χ4n) is 5.31. The Bertz CT molecular complexity index is 1060. The Labute approximate surface area is 211 Å². The summed E-state index contributed by atoms with van der Waals surface area (Å²) in [7, 11) is 2.10. The zero-order valence-electron chi connectivity index (χ0n) is 19.5. The van der Waals surface area contributed by atoms with Gasteiger partial charge in [-0.15, -0.1) is 0 Å². The average Bonchev–Trinajstić information content (AvgIpc) is 3.59. The molecule has 1 amide bonds. The SMILES string of the molecule is O=C(Cc1ccc(OCC[C@@H]2C[C@@H]2C2CCN(c3ncc(Cl)cn3)CC2)cc1F)N1CC(F)(P)C1. The number of benzene rings is 1. The van der Waals surface area contributed by atoms with Crippen LogP contribution >= 0.6 is 20.8 Å². The maximum absolute atomic E-state index is 14.5. The van der Waals surface area contributed by atoms with Crippen LogP contribution in [0.25, 0.3) is 0 Å². The summed E-state index contributed by atoms with van der Waals surface area (Å²) >= 11 is 5.88. The first kappa shape index (κ1) is 24.6. The third kappa shape index (κ3) is 6.03. The number of piperidine rings is 1. The topological polar surface area (TPSA) is 58.6 Å². The van der Waals surface area contributed by atoms with E-state index in [0.29, 0.717) is 28.9 Å². The van der Waals surface area contributed by atoms with E-state index >= 15 is 0 Å². The van der Waals surface area contributed by atoms with E-state index in [1.54, 1.807) is 24.5 Å². The van der Waals surface area contributed by atoms with Crippen LogP contribution in [0.2, 0.25) is 5.02 Å². The number of anilines is 1. The Balaban J connectivity index is 1.02. The largest absolute Gasteiger partial charge is 0.493 e. The maximum Gasteiger partial charge on any atom is 0.227 e. The molecule has 2 saturated heterocycles. The second-order valence-corrected chi connectivity index (χ2v) is 11.5. The molecule has 1 aliphatic carbocycles. The third-order valence-electron chi connectivity index (χ3n) is 7.40. The van der Waals surface area contributed by atoms with Crippen molar-refractivity contribution in [1.29, 1.82) is 0 Å². The standard InChI is InChI=1S/C25H30ClF2N4O2P/c26-19-12-29-24(30-13-19)31-6-3-16(4-7-31)21-9-17(21)5-8-34-20-2-1-18(22(27)11-20)10-23(33)32-14-25(28,35)15-32/h1-2,11-13,16-17,21H,3-10,14-15,35H2/t17-,21-/m1/s1. The molecular weight excluding hydrogens is 493 g/mol. The van der Waals surface area contributed by atoms with Gasteiger partial charge in [-0.3, -0.25) is 4.79 Å². The number of rotatable bonds is 8. The first-order valence-corrected chi connectivity index (χ1v) is 13.1. The molecule has 3 aliphatic rings. The molecule has 3 atom stereocenters. The number of hydrogen-bond acceptors (Lipinski definition) is 5. The average molecular weight is 523 g/mol. The summed E-state index contributed by atoms with van der Waals surface area (Å²) in [4.78, 5) is 24.4. The summed E-state index contributed by atoms with van der Waals surface area (Å²) in [5, 5.41) is -0.857. The molecule has 1 saturated carbocycles. The first-order valence-electron chi connectivity index (χ1n) is 12.2. The maximum atomic E-state index is 14.5. The fraction of sp³-hybridized carbons (Fsp3) is 0.560. The minimum absolute atomic E-state index is 0.0390. The van der Waals surface area contributed by atoms with E-state index in [9.17, 15) is 13.6 Å². The third-order valence-corrected chi connectivity index (χ3v) is 7.96. The minimum Gasteiger partial charge on any atom is -0.493 e. The molecule has 5 rings (SSSR count). The van der Waals surface area contributed by atoms with E-state index in [4.69, 9.17) is 16.3 Å². The van der Waals surface area contributed by atoms with Gasteiger partial charge in [-0.2, -0.15) is 0 Å². The van der Waals surface area contributed by atoms with Crippen LogP contribution in [0.4, 0.5) is 14.7 Å². The molecule has 2 aliphatic heterocycles. The molecule has 3 heterocycles. The number of carbonyl (C=O) groups is 1. The van der Waals surface area contributed by atoms with Crippen LogP contribution in [0.5, 0.6) is 5.75 Å². The van der Waals surface area contributed by atoms with Gasteiger partial charge in [0, 0.05) is 19.2 Å². The second kappa shape index (κ2) is 10.1. The lowest BCUT2D eigenvalue weighted by Crippen LogP contribution is -2.57. The van der Waals surface area contributed by atoms with Crippen molar-refractivity contribution in [1.82, 2.24) is 14.9 Å². The monoisotopic (exact) mass is 522 g/mol. The molecule has 188 valence electrons. The van der Waals surface area contributed by atoms with E-state index in [1.165, 1.54) is 17.4 Å². The zero-order chi connectivity index (χ0) is 24.6. The molecular formula is C25H30ClF2N4O2P. The van der Waals surface area contributed by atoms with Crippen LogP contribution in [-0.2, 0) is 11.2 Å². The first-order chi connectivity index (χ1) is 16.8. The van der Waals surface area contributed by atoms with Crippen LogP contribution in [0.1, 0.15) is 31.2 Å². The molecule has 0 N–H and O–H groups in total. The van der Waals surface area contributed by atoms with E-state index in [-0.39, 0.29) is 25.4 Å². The Morgan fingerprint density at radius 1 is 1.23 bits per heavy atom. The van der Waals surface area contributed by atoms with Gasteiger partial charge in [-0.05, 0) is 55.1 Å². The number of halogens is 3. The van der Waals surface area contributed by atoms with E-state index < -0.39 is 11.2 Å². The molecule has 0 radical (unpaired) electrons. The fourth-order valence-corrected chi connectivity index (χ4v) is 5.84. The highest BCUT2D eigenvalue weighted by Crippen LogP contribution is 2.49. The van der Waals surface area contributed by atoms with Crippen molar-refractivity contribution < 1.29 is 18.3 Å². The van der Waals surface area contributed by atoms with Gasteiger partial charge in [0.25, 0.3) is 0 Å². The summed E-state index contributed by atoms with van der Waals surface area (Å²) in [6, 6.07) is 4.63. The molecule has 6 nitrogen and oxygen atoms in total. The number of amides is 1. The quantitative estimate of drug-likeness (QED) is 0.477. The lowest BCUT2D eigenvalue weighted by molar-refractivity contribution is -0.139. The van der Waals surface area contributed by atoms with Crippen LogP contribution in [0.3, 0.4) is 0 Å². The minimum atomic E-state index is -1.41. The number of aromatic nitrogens is 2. The van der Waals surface area contributed by atoms with Gasteiger partial charge in [0.15, 0.2) is 5.41 Å². The number of alkyl halides is 1. The molecule has 1 aromatic carbocycles. The van der Waals surface area contributed by atoms with Gasteiger partial charge in [0.05, 0.1) is 43.5 Å². The Kier molecular flexibility index (Phi) is 7.13. The molecule has 10 heteroatoms. The number of likely N-dealkylation sites (tertiary alicyclic amines) is 1. The van der Waals surface area contributed by atoms with Gasteiger partial charge >= 0.3 is 0 Å². The van der Waals surface area contributed by atoms with Crippen LogP contribution in [0, 0.1) is 23.6 Å². The second-order valence-electron chi connectivity index (χ2n) is 10.0. The zero-order valence-corrected chi connectivity index (χ0v) is 21.4. The van der Waals surface area contributed by atoms with Crippen LogP contribution < -0.4 is 9.64 Å². The molecule has 1 aromatic heterocycles. The number of ether oxygens (including phenoxy) is 1.